The van der Waals surface area contributed by atoms with Crippen molar-refractivity contribution in [1.29, 1.82) is 0 Å². The minimum absolute atomic E-state index is 0.284. The Morgan fingerprint density at radius 3 is 2.59 bits per heavy atom. The molecule has 4 nitrogen and oxygen atoms in total. The zero-order valence-corrected chi connectivity index (χ0v) is 11.1. The molecular formula is C13H25N3O. The topological polar surface area (TPSA) is 35.6 Å². The number of likely N-dealkylation sites (N-methyl/N-ethyl adjacent to an activating group) is 2. The highest BCUT2D eigenvalue weighted by atomic mass is 16.2. The highest BCUT2D eigenvalue weighted by Crippen LogP contribution is 2.25. The van der Waals surface area contributed by atoms with Gasteiger partial charge < -0.3 is 10.2 Å². The second kappa shape index (κ2) is 5.83. The smallest absolute Gasteiger partial charge is 0.236 e. The molecule has 0 aromatic heterocycles. The largest absolute Gasteiger partial charge is 0.342 e. The van der Waals surface area contributed by atoms with E-state index in [0.717, 1.165) is 19.5 Å². The predicted octanol–water partition coefficient (Wildman–Crippen LogP) is 0.681. The molecule has 1 saturated heterocycles. The van der Waals surface area contributed by atoms with Crippen molar-refractivity contribution in [1.82, 2.24) is 15.1 Å². The van der Waals surface area contributed by atoms with Crippen LogP contribution in [0.1, 0.15) is 32.1 Å². The minimum Gasteiger partial charge on any atom is -0.342 e. The van der Waals surface area contributed by atoms with Crippen LogP contribution in [-0.4, -0.2) is 61.5 Å². The Labute approximate surface area is 104 Å². The molecular weight excluding hydrogens is 214 g/mol. The van der Waals surface area contributed by atoms with E-state index in [2.05, 4.69) is 17.3 Å². The number of hydrogen-bond donors (Lipinski definition) is 1. The van der Waals surface area contributed by atoms with Gasteiger partial charge >= 0.3 is 0 Å². The fourth-order valence-electron chi connectivity index (χ4n) is 2.56. The number of hydrogen-bond acceptors (Lipinski definition) is 3. The summed E-state index contributed by atoms with van der Waals surface area (Å²) in [6.45, 7) is 2.79. The lowest BCUT2D eigenvalue weighted by atomic mass is 10.1. The summed E-state index contributed by atoms with van der Waals surface area (Å²) in [6.07, 6.45) is 5.99. The average Bonchev–Trinajstić information content (AvgIpc) is 3.14. The Kier molecular flexibility index (Phi) is 4.40. The van der Waals surface area contributed by atoms with Gasteiger partial charge in [0.1, 0.15) is 0 Å². The summed E-state index contributed by atoms with van der Waals surface area (Å²) in [5, 5.41) is 3.41. The molecule has 0 aromatic rings. The molecule has 1 atom stereocenters. The maximum Gasteiger partial charge on any atom is 0.236 e. The van der Waals surface area contributed by atoms with E-state index in [1.54, 1.807) is 0 Å². The van der Waals surface area contributed by atoms with Crippen LogP contribution in [0.25, 0.3) is 0 Å². The molecule has 1 heterocycles. The van der Waals surface area contributed by atoms with E-state index >= 15 is 0 Å². The molecule has 0 radical (unpaired) electrons. The molecule has 1 saturated carbocycles. The lowest BCUT2D eigenvalue weighted by Gasteiger charge is -2.28. The monoisotopic (exact) mass is 239 g/mol. The van der Waals surface area contributed by atoms with Gasteiger partial charge in [-0.05, 0) is 52.2 Å². The van der Waals surface area contributed by atoms with E-state index in [4.69, 9.17) is 0 Å². The quantitative estimate of drug-likeness (QED) is 0.784. The molecule has 98 valence electrons. The molecule has 1 aliphatic heterocycles. The Balaban J connectivity index is 1.78. The van der Waals surface area contributed by atoms with Crippen LogP contribution in [0.3, 0.4) is 0 Å². The van der Waals surface area contributed by atoms with Crippen molar-refractivity contribution in [2.75, 3.05) is 33.7 Å². The zero-order valence-electron chi connectivity index (χ0n) is 11.1. The molecule has 1 aliphatic carbocycles. The molecule has 1 unspecified atom stereocenters. The van der Waals surface area contributed by atoms with Crippen LogP contribution in [0.15, 0.2) is 0 Å². The summed E-state index contributed by atoms with van der Waals surface area (Å²) in [6, 6.07) is 1.10. The molecule has 0 spiro atoms. The highest BCUT2D eigenvalue weighted by Gasteiger charge is 2.30. The van der Waals surface area contributed by atoms with Gasteiger partial charge in [-0.1, -0.05) is 0 Å². The van der Waals surface area contributed by atoms with Gasteiger partial charge in [0.25, 0.3) is 0 Å². The number of amides is 1. The van der Waals surface area contributed by atoms with Crippen molar-refractivity contribution in [2.24, 2.45) is 0 Å². The number of nitrogens with one attached hydrogen (secondary N) is 1. The first kappa shape index (κ1) is 12.8. The summed E-state index contributed by atoms with van der Waals surface area (Å²) in [5.74, 6) is 0.284. The zero-order chi connectivity index (χ0) is 12.3. The number of rotatable bonds is 4. The molecule has 2 aliphatic rings. The maximum absolute atomic E-state index is 12.0. The van der Waals surface area contributed by atoms with Gasteiger partial charge in [-0.3, -0.25) is 9.69 Å². The van der Waals surface area contributed by atoms with Crippen LogP contribution in [0, 0.1) is 0 Å². The SMILES string of the molecule is CN(CC(=O)N(C)C1CC1)C1CCCNCC1. The third-order valence-electron chi connectivity index (χ3n) is 4.04. The average molecular weight is 239 g/mol. The Hall–Kier alpha value is -0.610. The summed E-state index contributed by atoms with van der Waals surface area (Å²) < 4.78 is 0. The first-order valence-corrected chi connectivity index (χ1v) is 6.85. The molecule has 17 heavy (non-hydrogen) atoms. The summed E-state index contributed by atoms with van der Waals surface area (Å²) in [7, 11) is 4.04. The lowest BCUT2D eigenvalue weighted by Crippen LogP contribution is -2.42. The van der Waals surface area contributed by atoms with Gasteiger partial charge in [0, 0.05) is 19.1 Å². The summed E-state index contributed by atoms with van der Waals surface area (Å²) in [4.78, 5) is 16.2. The van der Waals surface area contributed by atoms with E-state index in [-0.39, 0.29) is 5.91 Å². The van der Waals surface area contributed by atoms with Gasteiger partial charge in [-0.2, -0.15) is 0 Å². The molecule has 0 aromatic carbocycles. The van der Waals surface area contributed by atoms with Crippen molar-refractivity contribution in [3.05, 3.63) is 0 Å². The molecule has 1 amide bonds. The first-order valence-electron chi connectivity index (χ1n) is 6.85. The van der Waals surface area contributed by atoms with Crippen LogP contribution in [0.5, 0.6) is 0 Å². The van der Waals surface area contributed by atoms with E-state index in [1.807, 2.05) is 11.9 Å². The fraction of sp³-hybridized carbons (Fsp3) is 0.923. The van der Waals surface area contributed by atoms with Gasteiger partial charge in [0.2, 0.25) is 5.91 Å². The van der Waals surface area contributed by atoms with Crippen LogP contribution in [0.2, 0.25) is 0 Å². The van der Waals surface area contributed by atoms with E-state index < -0.39 is 0 Å². The van der Waals surface area contributed by atoms with Crippen LogP contribution in [-0.2, 0) is 4.79 Å². The molecule has 0 bridgehead atoms. The standard InChI is InChI=1S/C13H25N3O/c1-15(11-4-3-8-14-9-7-11)10-13(17)16(2)12-5-6-12/h11-12,14H,3-10H2,1-2H3. The second-order valence-corrected chi connectivity index (χ2v) is 5.49. The van der Waals surface area contributed by atoms with Crippen molar-refractivity contribution in [2.45, 2.75) is 44.2 Å². The van der Waals surface area contributed by atoms with E-state index in [0.29, 0.717) is 18.6 Å². The second-order valence-electron chi connectivity index (χ2n) is 5.49. The van der Waals surface area contributed by atoms with Crippen LogP contribution in [0.4, 0.5) is 0 Å². The van der Waals surface area contributed by atoms with Gasteiger partial charge in [-0.25, -0.2) is 0 Å². The first-order chi connectivity index (χ1) is 8.18. The summed E-state index contributed by atoms with van der Waals surface area (Å²) in [5.41, 5.74) is 0. The Morgan fingerprint density at radius 1 is 1.12 bits per heavy atom. The number of carbonyl (C=O) groups is 1. The maximum atomic E-state index is 12.0. The van der Waals surface area contributed by atoms with Crippen LogP contribution < -0.4 is 5.32 Å². The van der Waals surface area contributed by atoms with E-state index in [9.17, 15) is 4.79 Å². The molecule has 2 fully saturated rings. The van der Waals surface area contributed by atoms with Crippen molar-refractivity contribution in [3.63, 3.8) is 0 Å². The molecule has 1 N–H and O–H groups in total. The third-order valence-corrected chi connectivity index (χ3v) is 4.04. The fourth-order valence-corrected chi connectivity index (χ4v) is 2.56. The van der Waals surface area contributed by atoms with Gasteiger partial charge in [-0.15, -0.1) is 0 Å². The van der Waals surface area contributed by atoms with Gasteiger partial charge in [0.05, 0.1) is 6.54 Å². The number of carbonyl (C=O) groups excluding carboxylic acids is 1. The van der Waals surface area contributed by atoms with Crippen molar-refractivity contribution >= 4 is 5.91 Å². The predicted molar refractivity (Wildman–Crippen MR) is 68.9 cm³/mol. The normalized spacial score (nSPS) is 25.7. The van der Waals surface area contributed by atoms with Crippen molar-refractivity contribution < 1.29 is 4.79 Å². The third kappa shape index (κ3) is 3.68. The molecule has 2 rings (SSSR count). The van der Waals surface area contributed by atoms with E-state index in [1.165, 1.54) is 25.7 Å². The van der Waals surface area contributed by atoms with Gasteiger partial charge in [0.15, 0.2) is 0 Å². The van der Waals surface area contributed by atoms with Crippen molar-refractivity contribution in [3.8, 4) is 0 Å². The Morgan fingerprint density at radius 2 is 1.88 bits per heavy atom. The van der Waals surface area contributed by atoms with Crippen LogP contribution >= 0.6 is 0 Å². The lowest BCUT2D eigenvalue weighted by molar-refractivity contribution is -0.131. The summed E-state index contributed by atoms with van der Waals surface area (Å²) >= 11 is 0. The molecule has 4 heteroatoms. The minimum atomic E-state index is 0.284. The number of nitrogens with zero attached hydrogens (tertiary/aromatic N) is 2. The highest BCUT2D eigenvalue weighted by molar-refractivity contribution is 5.78. The Bertz CT molecular complexity index is 257.